The van der Waals surface area contributed by atoms with Crippen LogP contribution in [-0.4, -0.2) is 35.9 Å². The summed E-state index contributed by atoms with van der Waals surface area (Å²) >= 11 is 6.32. The van der Waals surface area contributed by atoms with E-state index in [9.17, 15) is 24.8 Å². The van der Waals surface area contributed by atoms with Crippen molar-refractivity contribution in [2.45, 2.75) is 31.6 Å². The number of carbonyl (C=O) groups is 2. The van der Waals surface area contributed by atoms with Gasteiger partial charge in [0.05, 0.1) is 29.9 Å². The number of non-ortho nitro benzene ring substituents is 1. The lowest BCUT2D eigenvalue weighted by atomic mass is 9.77. The molecule has 2 aromatic rings. The highest BCUT2D eigenvalue weighted by Gasteiger charge is 2.41. The molecule has 0 fully saturated rings. The summed E-state index contributed by atoms with van der Waals surface area (Å²) in [5.41, 5.74) is 1.74. The topological polar surface area (TPSA) is 119 Å². The number of ketones is 1. The number of rotatable bonds is 5. The van der Waals surface area contributed by atoms with Crippen molar-refractivity contribution in [3.63, 3.8) is 0 Å². The van der Waals surface area contributed by atoms with Gasteiger partial charge in [0.2, 0.25) is 11.7 Å². The molecule has 0 saturated carbocycles. The molecule has 2 aromatic carbocycles. The van der Waals surface area contributed by atoms with Crippen LogP contribution in [0, 0.1) is 10.1 Å². The van der Waals surface area contributed by atoms with Gasteiger partial charge in [-0.25, -0.2) is 0 Å². The molecule has 1 aliphatic heterocycles. The summed E-state index contributed by atoms with van der Waals surface area (Å²) in [4.78, 5) is 38.4. The van der Waals surface area contributed by atoms with E-state index in [1.54, 1.807) is 12.1 Å². The molecule has 9 nitrogen and oxygen atoms in total. The predicted octanol–water partition coefficient (Wildman–Crippen LogP) is 4.50. The summed E-state index contributed by atoms with van der Waals surface area (Å²) in [6.07, 6.45) is 1.36. The monoisotopic (exact) mass is 472 g/mol. The smallest absolute Gasteiger partial charge is 0.271 e. The summed E-state index contributed by atoms with van der Waals surface area (Å²) in [7, 11) is 2.80. The molecule has 1 unspecified atom stereocenters. The molecule has 10 heteroatoms. The van der Waals surface area contributed by atoms with E-state index in [4.69, 9.17) is 21.1 Å². The molecule has 0 radical (unpaired) electrons. The molecule has 1 N–H and O–H groups in total. The predicted molar refractivity (Wildman–Crippen MR) is 120 cm³/mol. The van der Waals surface area contributed by atoms with Crippen LogP contribution in [-0.2, 0) is 9.59 Å². The number of allylic oxidation sites excluding steroid dienone is 2. The zero-order valence-electron chi connectivity index (χ0n) is 18.0. The summed E-state index contributed by atoms with van der Waals surface area (Å²) in [6.45, 7) is 0. The van der Waals surface area contributed by atoms with Crippen molar-refractivity contribution >= 4 is 34.7 Å². The van der Waals surface area contributed by atoms with Gasteiger partial charge in [0.15, 0.2) is 17.3 Å². The van der Waals surface area contributed by atoms with Gasteiger partial charge in [-0.15, -0.1) is 0 Å². The van der Waals surface area contributed by atoms with Crippen LogP contribution < -0.4 is 14.4 Å². The van der Waals surface area contributed by atoms with Crippen molar-refractivity contribution in [3.05, 3.63) is 62.3 Å². The number of ether oxygens (including phenoxy) is 2. The number of amides is 1. The number of nitro benzene ring substituents is 1. The highest BCUT2D eigenvalue weighted by molar-refractivity contribution is 6.34. The first-order valence-corrected chi connectivity index (χ1v) is 10.6. The third kappa shape index (κ3) is 3.89. The average molecular weight is 473 g/mol. The molecule has 4 rings (SSSR count). The van der Waals surface area contributed by atoms with Crippen molar-refractivity contribution < 1.29 is 29.1 Å². The third-order valence-corrected chi connectivity index (χ3v) is 6.27. The molecule has 0 aromatic heterocycles. The number of phenolic OH excluding ortho intramolecular Hbond substituents is 1. The Hall–Kier alpha value is -3.59. The third-order valence-electron chi connectivity index (χ3n) is 5.96. The van der Waals surface area contributed by atoms with Crippen LogP contribution >= 0.6 is 11.6 Å². The van der Waals surface area contributed by atoms with Crippen LogP contribution in [0.4, 0.5) is 11.4 Å². The lowest BCUT2D eigenvalue weighted by molar-refractivity contribution is -0.384. The lowest BCUT2D eigenvalue weighted by Gasteiger charge is -2.38. The van der Waals surface area contributed by atoms with E-state index < -0.39 is 10.8 Å². The molecular weight excluding hydrogens is 452 g/mol. The van der Waals surface area contributed by atoms with Gasteiger partial charge in [0.25, 0.3) is 5.69 Å². The van der Waals surface area contributed by atoms with Gasteiger partial charge < -0.3 is 14.6 Å². The second kappa shape index (κ2) is 8.74. The number of phenols is 1. The Balaban J connectivity index is 1.87. The first-order chi connectivity index (χ1) is 15.8. The fraction of sp³-hybridized carbons (Fsp3) is 0.304. The standard InChI is InChI=1S/C23H21ClN2O7/c1-32-19-8-12(9-20(33-2)23(19)29)14-11-21(28)25(17-4-3-5-18(27)22(14)17)16-7-6-13(26(30)31)10-15(16)24/h6-10,14,29H,3-5,11H2,1-2H3. The zero-order chi connectivity index (χ0) is 23.9. The molecule has 2 aliphatic rings. The summed E-state index contributed by atoms with van der Waals surface area (Å²) < 4.78 is 10.5. The van der Waals surface area contributed by atoms with Crippen molar-refractivity contribution in [1.82, 2.24) is 0 Å². The van der Waals surface area contributed by atoms with Crippen LogP contribution in [0.15, 0.2) is 41.6 Å². The fourth-order valence-corrected chi connectivity index (χ4v) is 4.72. The van der Waals surface area contributed by atoms with E-state index in [2.05, 4.69) is 0 Å². The normalized spacial score (nSPS) is 18.3. The maximum absolute atomic E-state index is 13.4. The van der Waals surface area contributed by atoms with E-state index in [0.29, 0.717) is 41.8 Å². The van der Waals surface area contributed by atoms with Gasteiger partial charge in [-0.05, 0) is 36.6 Å². The Kier molecular flexibility index (Phi) is 5.99. The minimum Gasteiger partial charge on any atom is -0.502 e. The molecular formula is C23H21ClN2O7. The lowest BCUT2D eigenvalue weighted by Crippen LogP contribution is -2.40. The van der Waals surface area contributed by atoms with E-state index in [1.165, 1.54) is 37.3 Å². The van der Waals surface area contributed by atoms with E-state index in [0.717, 1.165) is 0 Å². The largest absolute Gasteiger partial charge is 0.502 e. The summed E-state index contributed by atoms with van der Waals surface area (Å²) in [5, 5.41) is 21.4. The SMILES string of the molecule is COc1cc(C2CC(=O)N(c3ccc([N+](=O)[O-])cc3Cl)C3=C2C(=O)CCC3)cc(OC)c1O. The Bertz CT molecular complexity index is 1180. The number of anilines is 1. The van der Waals surface area contributed by atoms with Gasteiger partial charge in [-0.2, -0.15) is 0 Å². The van der Waals surface area contributed by atoms with Crippen LogP contribution in [0.5, 0.6) is 17.2 Å². The number of carbonyl (C=O) groups excluding carboxylic acids is 2. The van der Waals surface area contributed by atoms with Crippen molar-refractivity contribution in [3.8, 4) is 17.2 Å². The second-order valence-corrected chi connectivity index (χ2v) is 8.20. The minimum atomic E-state index is -0.565. The molecule has 1 atom stereocenters. The van der Waals surface area contributed by atoms with Crippen LogP contribution in [0.25, 0.3) is 0 Å². The van der Waals surface area contributed by atoms with Crippen LogP contribution in [0.2, 0.25) is 5.02 Å². The van der Waals surface area contributed by atoms with E-state index in [-0.39, 0.29) is 46.1 Å². The summed E-state index contributed by atoms with van der Waals surface area (Å²) in [5.74, 6) is -0.768. The fourth-order valence-electron chi connectivity index (χ4n) is 4.46. The molecule has 172 valence electrons. The highest BCUT2D eigenvalue weighted by Crippen LogP contribution is 2.48. The van der Waals surface area contributed by atoms with Crippen LogP contribution in [0.3, 0.4) is 0 Å². The Labute approximate surface area is 194 Å². The number of hydrogen-bond acceptors (Lipinski definition) is 7. The molecule has 0 saturated heterocycles. The molecule has 1 heterocycles. The number of hydrogen-bond donors (Lipinski definition) is 1. The first kappa shape index (κ1) is 22.6. The number of nitrogens with zero attached hydrogens (tertiary/aromatic N) is 2. The van der Waals surface area contributed by atoms with Gasteiger partial charge in [-0.3, -0.25) is 24.6 Å². The van der Waals surface area contributed by atoms with Crippen LogP contribution in [0.1, 0.15) is 37.2 Å². The van der Waals surface area contributed by atoms with Gasteiger partial charge in [-0.1, -0.05) is 11.6 Å². The van der Waals surface area contributed by atoms with Crippen molar-refractivity contribution in [2.75, 3.05) is 19.1 Å². The van der Waals surface area contributed by atoms with Gasteiger partial charge >= 0.3 is 0 Å². The highest BCUT2D eigenvalue weighted by atomic mass is 35.5. The van der Waals surface area contributed by atoms with Crippen molar-refractivity contribution in [2.24, 2.45) is 0 Å². The number of Topliss-reactive ketones (excluding diaryl/α,β-unsaturated/α-hetero) is 1. The number of nitro groups is 1. The van der Waals surface area contributed by atoms with Gasteiger partial charge in [0, 0.05) is 42.2 Å². The molecule has 1 aliphatic carbocycles. The first-order valence-electron chi connectivity index (χ1n) is 10.2. The molecule has 0 spiro atoms. The molecule has 33 heavy (non-hydrogen) atoms. The average Bonchev–Trinajstić information content (AvgIpc) is 2.79. The maximum Gasteiger partial charge on any atom is 0.271 e. The van der Waals surface area contributed by atoms with E-state index >= 15 is 0 Å². The Morgan fingerprint density at radius 2 is 1.79 bits per heavy atom. The number of aromatic hydroxyl groups is 1. The molecule has 0 bridgehead atoms. The zero-order valence-corrected chi connectivity index (χ0v) is 18.7. The second-order valence-electron chi connectivity index (χ2n) is 7.79. The van der Waals surface area contributed by atoms with E-state index in [1.807, 2.05) is 0 Å². The number of methoxy groups -OCH3 is 2. The maximum atomic E-state index is 13.4. The molecule has 1 amide bonds. The van der Waals surface area contributed by atoms with Gasteiger partial charge in [0.1, 0.15) is 0 Å². The minimum absolute atomic E-state index is 0.0328. The Morgan fingerprint density at radius 1 is 1.12 bits per heavy atom. The summed E-state index contributed by atoms with van der Waals surface area (Å²) in [6, 6.07) is 7.08. The quantitative estimate of drug-likeness (QED) is 0.502. The number of halogens is 1. The van der Waals surface area contributed by atoms with Crippen molar-refractivity contribution in [1.29, 1.82) is 0 Å². The Morgan fingerprint density at radius 3 is 2.36 bits per heavy atom. The number of benzene rings is 2.